The fourth-order valence-corrected chi connectivity index (χ4v) is 10.0. The Hall–Kier alpha value is -7.92. The van der Waals surface area contributed by atoms with Gasteiger partial charge in [0, 0.05) is 53.7 Å². The third kappa shape index (κ3) is 5.07. The molecule has 12 rings (SSSR count). The van der Waals surface area contributed by atoms with Gasteiger partial charge >= 0.3 is 0 Å². The van der Waals surface area contributed by atoms with E-state index in [2.05, 4.69) is 118 Å². The fraction of sp³-hybridized carbons (Fsp3) is 0. The Balaban J connectivity index is 1.12. The van der Waals surface area contributed by atoms with Crippen molar-refractivity contribution in [1.29, 1.82) is 5.26 Å². The van der Waals surface area contributed by atoms with Gasteiger partial charge in [0.15, 0.2) is 17.5 Å². The summed E-state index contributed by atoms with van der Waals surface area (Å²) in [5.74, 6) is 1.65. The maximum Gasteiger partial charge on any atom is 0.164 e. The summed E-state index contributed by atoms with van der Waals surface area (Å²) >= 11 is 1.84. The lowest BCUT2D eigenvalue weighted by molar-refractivity contribution is 1.07. The van der Waals surface area contributed by atoms with E-state index in [9.17, 15) is 5.26 Å². The second kappa shape index (κ2) is 13.1. The van der Waals surface area contributed by atoms with Crippen molar-refractivity contribution in [1.82, 2.24) is 24.1 Å². The molecule has 59 heavy (non-hydrogen) atoms. The van der Waals surface area contributed by atoms with Crippen molar-refractivity contribution in [2.24, 2.45) is 0 Å². The highest BCUT2D eigenvalue weighted by molar-refractivity contribution is 7.26. The average molecular weight is 771 g/mol. The molecule has 0 atom stereocenters. The summed E-state index contributed by atoms with van der Waals surface area (Å²) in [6, 6.07) is 65.4. The molecule has 6 nitrogen and oxygen atoms in total. The quantitative estimate of drug-likeness (QED) is 0.175. The molecular weight excluding hydrogens is 741 g/mol. The van der Waals surface area contributed by atoms with E-state index in [1.54, 1.807) is 0 Å². The molecule has 0 bridgehead atoms. The highest BCUT2D eigenvalue weighted by Crippen LogP contribution is 2.45. The minimum Gasteiger partial charge on any atom is -0.308 e. The van der Waals surface area contributed by atoms with Crippen molar-refractivity contribution in [2.75, 3.05) is 0 Å². The number of thiophene rings is 1. The minimum absolute atomic E-state index is 0.504. The molecule has 0 spiro atoms. The zero-order valence-corrected chi connectivity index (χ0v) is 32.2. The van der Waals surface area contributed by atoms with Gasteiger partial charge in [-0.2, -0.15) is 5.26 Å². The first-order valence-corrected chi connectivity index (χ1v) is 20.3. The normalized spacial score (nSPS) is 11.7. The molecular formula is C52H30N6S. The van der Waals surface area contributed by atoms with E-state index >= 15 is 0 Å². The maximum atomic E-state index is 11.0. The van der Waals surface area contributed by atoms with Crippen LogP contribution in [0.5, 0.6) is 0 Å². The number of fused-ring (bicyclic) bond motifs is 10. The van der Waals surface area contributed by atoms with E-state index in [-0.39, 0.29) is 0 Å². The van der Waals surface area contributed by atoms with Crippen LogP contribution in [0.4, 0.5) is 0 Å². The molecule has 274 valence electrons. The monoisotopic (exact) mass is 770 g/mol. The average Bonchev–Trinajstić information content (AvgIpc) is 3.97. The van der Waals surface area contributed by atoms with E-state index < -0.39 is 0 Å². The fourth-order valence-electron chi connectivity index (χ4n) is 8.82. The summed E-state index contributed by atoms with van der Waals surface area (Å²) in [5.41, 5.74) is 9.31. The van der Waals surface area contributed by atoms with Crippen LogP contribution in [-0.4, -0.2) is 24.1 Å². The van der Waals surface area contributed by atoms with Crippen molar-refractivity contribution in [3.8, 4) is 51.6 Å². The van der Waals surface area contributed by atoms with Crippen LogP contribution in [0.15, 0.2) is 182 Å². The number of rotatable bonds is 5. The lowest BCUT2D eigenvalue weighted by atomic mass is 10.1. The first-order valence-electron chi connectivity index (χ1n) is 19.5. The van der Waals surface area contributed by atoms with Crippen LogP contribution in [0.1, 0.15) is 5.56 Å². The zero-order valence-electron chi connectivity index (χ0n) is 31.4. The Kier molecular flexibility index (Phi) is 7.36. The Morgan fingerprint density at radius 1 is 0.424 bits per heavy atom. The molecule has 0 N–H and O–H groups in total. The number of nitriles is 1. The van der Waals surface area contributed by atoms with E-state index in [0.29, 0.717) is 23.0 Å². The van der Waals surface area contributed by atoms with Gasteiger partial charge in [-0.25, -0.2) is 15.0 Å². The van der Waals surface area contributed by atoms with Gasteiger partial charge in [0.1, 0.15) is 6.07 Å². The summed E-state index contributed by atoms with van der Waals surface area (Å²) in [6.07, 6.45) is 0. The molecule has 4 heterocycles. The van der Waals surface area contributed by atoms with Gasteiger partial charge in [-0.3, -0.25) is 0 Å². The molecule has 0 aliphatic rings. The Labute approximate surface area is 342 Å². The minimum atomic E-state index is 0.504. The lowest BCUT2D eigenvalue weighted by Gasteiger charge is -2.13. The molecule has 0 fully saturated rings. The van der Waals surface area contributed by atoms with Crippen LogP contribution in [0.3, 0.4) is 0 Å². The number of nitrogens with zero attached hydrogens (tertiary/aromatic N) is 6. The van der Waals surface area contributed by atoms with Gasteiger partial charge in [-0.1, -0.05) is 133 Å². The number of hydrogen-bond donors (Lipinski definition) is 0. The van der Waals surface area contributed by atoms with Gasteiger partial charge in [-0.15, -0.1) is 11.3 Å². The Morgan fingerprint density at radius 3 is 1.73 bits per heavy atom. The van der Waals surface area contributed by atoms with E-state index in [0.717, 1.165) is 71.7 Å². The van der Waals surface area contributed by atoms with E-state index in [1.807, 2.05) is 90.2 Å². The molecule has 12 aromatic rings. The Bertz CT molecular complexity index is 3630. The van der Waals surface area contributed by atoms with Crippen LogP contribution >= 0.6 is 11.3 Å². The predicted molar refractivity (Wildman–Crippen MR) is 242 cm³/mol. The van der Waals surface area contributed by atoms with Crippen LogP contribution < -0.4 is 0 Å². The standard InChI is InChI=1S/C52H30N6S/c53-31-35-30-34(52-55-50(32-14-3-1-4-15-32)54-51(56-52)33-16-5-2-6-17-33)26-28-41(35)58-42-22-10-7-18-36(42)38-27-29-44-47(48(38)58)40-20-8-11-23-43(40)57(44)45-24-13-21-39-37-19-9-12-25-46(37)59-49(39)45/h1-30H. The summed E-state index contributed by atoms with van der Waals surface area (Å²) in [7, 11) is 0. The van der Waals surface area contributed by atoms with E-state index in [4.69, 9.17) is 15.0 Å². The molecule has 8 aromatic carbocycles. The maximum absolute atomic E-state index is 11.0. The van der Waals surface area contributed by atoms with Crippen LogP contribution in [0.25, 0.3) is 109 Å². The number of hydrogen-bond acceptors (Lipinski definition) is 5. The summed E-state index contributed by atoms with van der Waals surface area (Å²) < 4.78 is 7.23. The topological polar surface area (TPSA) is 72.3 Å². The number of aromatic nitrogens is 5. The van der Waals surface area contributed by atoms with Gasteiger partial charge in [0.05, 0.1) is 43.7 Å². The van der Waals surface area contributed by atoms with Gasteiger partial charge in [0.25, 0.3) is 0 Å². The van der Waals surface area contributed by atoms with Gasteiger partial charge in [0.2, 0.25) is 0 Å². The molecule has 0 aliphatic heterocycles. The zero-order chi connectivity index (χ0) is 39.0. The third-order valence-corrected chi connectivity index (χ3v) is 12.6. The van der Waals surface area contributed by atoms with Crippen LogP contribution in [-0.2, 0) is 0 Å². The number of benzene rings is 8. The number of para-hydroxylation sites is 2. The van der Waals surface area contributed by atoms with E-state index in [1.165, 1.54) is 20.2 Å². The van der Waals surface area contributed by atoms with Crippen molar-refractivity contribution in [3.63, 3.8) is 0 Å². The van der Waals surface area contributed by atoms with Crippen molar-refractivity contribution >= 4 is 75.1 Å². The second-order valence-corrected chi connectivity index (χ2v) is 15.7. The third-order valence-electron chi connectivity index (χ3n) is 11.4. The lowest BCUT2D eigenvalue weighted by Crippen LogP contribution is -2.02. The van der Waals surface area contributed by atoms with Crippen LogP contribution in [0, 0.1) is 11.3 Å². The highest BCUT2D eigenvalue weighted by atomic mass is 32.1. The largest absolute Gasteiger partial charge is 0.308 e. The Morgan fingerprint density at radius 2 is 1.02 bits per heavy atom. The van der Waals surface area contributed by atoms with Gasteiger partial charge in [-0.05, 0) is 48.5 Å². The molecule has 0 unspecified atom stereocenters. The molecule has 0 amide bonds. The second-order valence-electron chi connectivity index (χ2n) is 14.7. The summed E-state index contributed by atoms with van der Waals surface area (Å²) in [5, 5.41) is 18.0. The molecule has 0 saturated carbocycles. The summed E-state index contributed by atoms with van der Waals surface area (Å²) in [4.78, 5) is 14.8. The molecule has 0 radical (unpaired) electrons. The first-order chi connectivity index (χ1) is 29.2. The highest BCUT2D eigenvalue weighted by Gasteiger charge is 2.24. The SMILES string of the molecule is N#Cc1cc(-c2nc(-c3ccccc3)nc(-c3ccccc3)n2)ccc1-n1c2ccccc2c2ccc3c(c4ccccc4n3-c3cccc4c3sc3ccccc34)c21. The van der Waals surface area contributed by atoms with Crippen molar-refractivity contribution in [2.45, 2.75) is 0 Å². The molecule has 0 aliphatic carbocycles. The van der Waals surface area contributed by atoms with Crippen molar-refractivity contribution in [3.05, 3.63) is 188 Å². The smallest absolute Gasteiger partial charge is 0.164 e. The molecule has 7 heteroatoms. The first kappa shape index (κ1) is 33.2. The predicted octanol–water partition coefficient (Wildman–Crippen LogP) is 13.3. The molecule has 0 saturated heterocycles. The summed E-state index contributed by atoms with van der Waals surface area (Å²) in [6.45, 7) is 0. The van der Waals surface area contributed by atoms with Gasteiger partial charge < -0.3 is 9.13 Å². The molecule has 4 aromatic heterocycles. The van der Waals surface area contributed by atoms with Crippen LogP contribution in [0.2, 0.25) is 0 Å². The van der Waals surface area contributed by atoms with Crippen molar-refractivity contribution < 1.29 is 0 Å².